The summed E-state index contributed by atoms with van der Waals surface area (Å²) in [6, 6.07) is 7.77. The Morgan fingerprint density at radius 1 is 1.17 bits per heavy atom. The molecule has 3 N–H and O–H groups in total. The molecule has 5 aliphatic rings. The molecule has 0 spiro atoms. The molecule has 4 aliphatic carbocycles. The number of ether oxygens (including phenoxy) is 2. The molecule has 0 radical (unpaired) electrons. The molecule has 4 fully saturated rings. The first-order valence-corrected chi connectivity index (χ1v) is 15.1. The lowest BCUT2D eigenvalue weighted by Crippen LogP contribution is -2.69. The maximum absolute atomic E-state index is 16.2. The first kappa shape index (κ1) is 29.5. The van der Waals surface area contributed by atoms with Crippen LogP contribution in [0.15, 0.2) is 53.2 Å². The fraction of sp³-hybridized carbons (Fsp3) is 0.636. The van der Waals surface area contributed by atoms with Crippen molar-refractivity contribution in [1.82, 2.24) is 5.32 Å². The van der Waals surface area contributed by atoms with E-state index in [-0.39, 0.29) is 36.6 Å². The van der Waals surface area contributed by atoms with E-state index in [0.717, 1.165) is 11.3 Å². The Bertz CT molecular complexity index is 1330. The predicted octanol–water partition coefficient (Wildman–Crippen LogP) is 4.04. The van der Waals surface area contributed by atoms with Gasteiger partial charge in [-0.2, -0.15) is 0 Å². The number of nitrogens with zero attached hydrogens (tertiary/aromatic N) is 1. The van der Waals surface area contributed by atoms with Gasteiger partial charge in [0.1, 0.15) is 42.1 Å². The van der Waals surface area contributed by atoms with Gasteiger partial charge in [-0.3, -0.25) is 10.1 Å². The number of carbonyl (C=O) groups is 1. The van der Waals surface area contributed by atoms with Gasteiger partial charge in [-0.15, -0.1) is 0 Å². The average Bonchev–Trinajstić information content (AvgIpc) is 3.34. The third-order valence-corrected chi connectivity index (χ3v) is 10.9. The van der Waals surface area contributed by atoms with Gasteiger partial charge < -0.3 is 24.5 Å². The number of allylic oxidation sites excluding steroid dienone is 4. The molecule has 1 saturated heterocycles. The first-order chi connectivity index (χ1) is 19.8. The molecule has 1 aromatic rings. The molecule has 3 saturated carbocycles. The summed E-state index contributed by atoms with van der Waals surface area (Å²) in [5.74, 6) is -0.0295. The molecule has 8 nitrogen and oxygen atoms in total. The molecule has 9 atom stereocenters. The van der Waals surface area contributed by atoms with Gasteiger partial charge in [0.25, 0.3) is 0 Å². The Morgan fingerprint density at radius 2 is 1.90 bits per heavy atom. The number of hydrogen-bond donors (Lipinski definition) is 3. The minimum atomic E-state index is -1.24. The van der Waals surface area contributed by atoms with E-state index in [0.29, 0.717) is 30.7 Å². The third-order valence-electron chi connectivity index (χ3n) is 10.9. The topological polar surface area (TPSA) is 110 Å². The van der Waals surface area contributed by atoms with Crippen molar-refractivity contribution in [2.24, 2.45) is 33.7 Å². The van der Waals surface area contributed by atoms with Crippen LogP contribution >= 0.6 is 0 Å². The standard InChI is InChI=1S/C33H43FN2O6/c1-19-6-8-21(9-7-19)40-12-13-41-35-20-10-11-31(4)24(14-20)25(34)15-22-23-16-28-33(27(39)18-37,36-30(2,3)42-28)32(23,5)17-26(38)29(22)31/h6-11,14,22-23,25-26,28-29,36-38H,12-13,15-18H2,1-5H3/b35-20+/t22-,23-,25-,26-,28+,29+,31-,32-,33+/m0/s1. The maximum atomic E-state index is 16.2. The molecule has 0 amide bonds. The van der Waals surface area contributed by atoms with Gasteiger partial charge in [0, 0.05) is 16.7 Å². The van der Waals surface area contributed by atoms with E-state index < -0.39 is 47.1 Å². The quantitative estimate of drug-likeness (QED) is 0.329. The molecule has 0 aromatic heterocycles. The van der Waals surface area contributed by atoms with Gasteiger partial charge >= 0.3 is 0 Å². The van der Waals surface area contributed by atoms with Crippen molar-refractivity contribution >= 4 is 11.5 Å². The van der Waals surface area contributed by atoms with Crippen molar-refractivity contribution < 1.29 is 33.7 Å². The summed E-state index contributed by atoms with van der Waals surface area (Å²) in [6.07, 6.45) is 4.27. The number of aryl methyl sites for hydroxylation is 1. The number of Topliss-reactive ketones (excluding diaryl/α,β-unsaturated/α-hetero) is 1. The summed E-state index contributed by atoms with van der Waals surface area (Å²) in [6.45, 7) is 9.75. The number of rotatable bonds is 7. The number of halogens is 1. The third kappa shape index (κ3) is 4.38. The number of benzene rings is 1. The van der Waals surface area contributed by atoms with Gasteiger partial charge in [0.15, 0.2) is 12.4 Å². The summed E-state index contributed by atoms with van der Waals surface area (Å²) < 4.78 is 28.2. The van der Waals surface area contributed by atoms with Crippen LogP contribution in [0.3, 0.4) is 0 Å². The number of oxime groups is 1. The second-order valence-electron chi connectivity index (χ2n) is 13.8. The Balaban J connectivity index is 1.20. The van der Waals surface area contributed by atoms with Gasteiger partial charge in [0.05, 0.1) is 12.2 Å². The van der Waals surface area contributed by atoms with Crippen molar-refractivity contribution in [2.75, 3.05) is 19.8 Å². The van der Waals surface area contributed by atoms with Crippen LogP contribution in [0.2, 0.25) is 0 Å². The molecular weight excluding hydrogens is 539 g/mol. The van der Waals surface area contributed by atoms with E-state index >= 15 is 4.39 Å². The molecule has 1 heterocycles. The van der Waals surface area contributed by atoms with E-state index in [1.54, 1.807) is 6.08 Å². The number of aliphatic hydroxyl groups excluding tert-OH is 2. The van der Waals surface area contributed by atoms with E-state index in [1.807, 2.05) is 71.0 Å². The highest BCUT2D eigenvalue weighted by Gasteiger charge is 2.75. The van der Waals surface area contributed by atoms with Crippen LogP contribution in [0.1, 0.15) is 52.5 Å². The van der Waals surface area contributed by atoms with E-state index in [4.69, 9.17) is 14.3 Å². The molecule has 1 aliphatic heterocycles. The number of alkyl halides is 1. The second kappa shape index (κ2) is 10.3. The molecule has 42 heavy (non-hydrogen) atoms. The van der Waals surface area contributed by atoms with Crippen molar-refractivity contribution in [1.29, 1.82) is 0 Å². The van der Waals surface area contributed by atoms with Gasteiger partial charge in [0.2, 0.25) is 0 Å². The molecule has 228 valence electrons. The zero-order valence-electron chi connectivity index (χ0n) is 25.1. The van der Waals surface area contributed by atoms with Crippen LogP contribution in [-0.2, 0) is 14.4 Å². The van der Waals surface area contributed by atoms with Crippen LogP contribution in [0.4, 0.5) is 4.39 Å². The zero-order chi connectivity index (χ0) is 30.1. The van der Waals surface area contributed by atoms with Crippen LogP contribution in [0.5, 0.6) is 5.75 Å². The smallest absolute Gasteiger partial charge is 0.181 e. The number of nitrogens with one attached hydrogen (secondary N) is 1. The van der Waals surface area contributed by atoms with Crippen LogP contribution in [-0.4, -0.2) is 71.2 Å². The average molecular weight is 583 g/mol. The number of ketones is 1. The molecule has 1 aromatic carbocycles. The molecule has 9 heteroatoms. The minimum Gasteiger partial charge on any atom is -0.490 e. The summed E-state index contributed by atoms with van der Waals surface area (Å²) in [5, 5.41) is 29.5. The highest BCUT2D eigenvalue weighted by atomic mass is 19.1. The zero-order valence-corrected chi connectivity index (χ0v) is 25.1. The van der Waals surface area contributed by atoms with Crippen LogP contribution < -0.4 is 10.1 Å². The van der Waals surface area contributed by atoms with Crippen LogP contribution in [0, 0.1) is 35.5 Å². The number of aliphatic hydroxyl groups is 2. The lowest BCUT2D eigenvalue weighted by Gasteiger charge is -2.60. The van der Waals surface area contributed by atoms with Crippen molar-refractivity contribution in [3.63, 3.8) is 0 Å². The fourth-order valence-electron chi connectivity index (χ4n) is 9.28. The number of fused-ring (bicyclic) bond motifs is 7. The number of carbonyl (C=O) groups excluding carboxylic acids is 1. The summed E-state index contributed by atoms with van der Waals surface area (Å²) >= 11 is 0. The normalized spacial score (nSPS) is 42.3. The summed E-state index contributed by atoms with van der Waals surface area (Å²) in [5.41, 5.74) is -1.02. The highest BCUT2D eigenvalue weighted by molar-refractivity contribution is 6.05. The van der Waals surface area contributed by atoms with Gasteiger partial charge in [-0.25, -0.2) is 4.39 Å². The van der Waals surface area contributed by atoms with E-state index in [9.17, 15) is 15.0 Å². The van der Waals surface area contributed by atoms with Gasteiger partial charge in [-0.1, -0.05) is 42.8 Å². The highest BCUT2D eigenvalue weighted by Crippen LogP contribution is 2.69. The van der Waals surface area contributed by atoms with Gasteiger partial charge in [-0.05, 0) is 81.7 Å². The largest absolute Gasteiger partial charge is 0.490 e. The second-order valence-corrected chi connectivity index (χ2v) is 13.8. The maximum Gasteiger partial charge on any atom is 0.181 e. The summed E-state index contributed by atoms with van der Waals surface area (Å²) in [7, 11) is 0. The lowest BCUT2D eigenvalue weighted by molar-refractivity contribution is -0.151. The molecule has 6 rings (SSSR count). The van der Waals surface area contributed by atoms with Crippen molar-refractivity contribution in [3.05, 3.63) is 53.6 Å². The van der Waals surface area contributed by atoms with Crippen molar-refractivity contribution in [2.45, 2.75) is 83.5 Å². The first-order valence-electron chi connectivity index (χ1n) is 15.1. The number of hydrogen-bond acceptors (Lipinski definition) is 8. The Hall–Kier alpha value is -2.59. The monoisotopic (exact) mass is 582 g/mol. The summed E-state index contributed by atoms with van der Waals surface area (Å²) in [4.78, 5) is 18.9. The molecule has 0 bridgehead atoms. The van der Waals surface area contributed by atoms with E-state index in [1.165, 1.54) is 0 Å². The molecular formula is C33H43FN2O6. The molecule has 0 unspecified atom stereocenters. The Labute approximate surface area is 247 Å². The van der Waals surface area contributed by atoms with E-state index in [2.05, 4.69) is 10.5 Å². The fourth-order valence-corrected chi connectivity index (χ4v) is 9.28. The lowest BCUT2D eigenvalue weighted by atomic mass is 9.45. The minimum absolute atomic E-state index is 0.0630. The SMILES string of the molecule is Cc1ccc(OCCO/N=C2\C=C[C@@]3(C)C(=C2)[C@@H](F)C[C@@H]2[C@@H]3[C@@H](O)C[C@@]3(C)[C@H]2C[C@H]2OC(C)(C)N[C@]23C(=O)CO)cc1. The predicted molar refractivity (Wildman–Crippen MR) is 156 cm³/mol. The Kier molecular flexibility index (Phi) is 7.20. The van der Waals surface area contributed by atoms with Crippen LogP contribution in [0.25, 0.3) is 0 Å². The van der Waals surface area contributed by atoms with Crippen molar-refractivity contribution in [3.8, 4) is 5.75 Å². The Morgan fingerprint density at radius 3 is 2.62 bits per heavy atom.